The lowest BCUT2D eigenvalue weighted by Gasteiger charge is -2.30. The zero-order valence-electron chi connectivity index (χ0n) is 26.9. The van der Waals surface area contributed by atoms with Crippen molar-refractivity contribution in [3.8, 4) is 0 Å². The number of hydrogen-bond donors (Lipinski definition) is 8. The van der Waals surface area contributed by atoms with Gasteiger partial charge >= 0.3 is 13.2 Å². The van der Waals surface area contributed by atoms with E-state index in [4.69, 9.17) is 21.9 Å². The number of amides is 4. The Kier molecular flexibility index (Phi) is 16.9. The van der Waals surface area contributed by atoms with E-state index in [9.17, 15) is 29.2 Å². The van der Waals surface area contributed by atoms with Gasteiger partial charge in [-0.1, -0.05) is 44.2 Å². The molecule has 2 rings (SSSR count). The summed E-state index contributed by atoms with van der Waals surface area (Å²) in [6, 6.07) is 6.05. The zero-order valence-corrected chi connectivity index (χ0v) is 26.9. The quantitative estimate of drug-likeness (QED) is 0.0414. The standard InChI is InChI=1S/C30H51BN8O7/c1-20(2)18-24(37-26(40)22(12-6-7-15-32)38-30(43)46-19-21-10-4-3-5-11-21)27(41)36-23(13-8-16-35-29(33)34)28(42)39-17-9-14-25(39)31(44)45/h3-5,10-11,20,22-25,44-45H,6-9,12-19,32H2,1-2H3,(H,36,41)(H,37,40)(H,38,43)(H4,33,34,35)/t22-,23-,24-,25-/m0/s1. The Morgan fingerprint density at radius 3 is 2.26 bits per heavy atom. The van der Waals surface area contributed by atoms with Crippen LogP contribution in [0.5, 0.6) is 0 Å². The molecule has 1 fully saturated rings. The van der Waals surface area contributed by atoms with Crippen LogP contribution in [0.15, 0.2) is 35.3 Å². The van der Waals surface area contributed by atoms with E-state index in [2.05, 4.69) is 20.9 Å². The molecule has 256 valence electrons. The number of rotatable bonds is 19. The maximum absolute atomic E-state index is 13.7. The van der Waals surface area contributed by atoms with E-state index in [0.29, 0.717) is 45.2 Å². The lowest BCUT2D eigenvalue weighted by Crippen LogP contribution is -2.58. The summed E-state index contributed by atoms with van der Waals surface area (Å²) in [5.41, 5.74) is 17.3. The number of nitrogens with one attached hydrogen (secondary N) is 3. The fraction of sp³-hybridized carbons (Fsp3) is 0.633. The van der Waals surface area contributed by atoms with Crippen molar-refractivity contribution in [3.05, 3.63) is 35.9 Å². The molecule has 0 aromatic heterocycles. The van der Waals surface area contributed by atoms with E-state index in [1.54, 1.807) is 0 Å². The molecule has 15 nitrogen and oxygen atoms in total. The second-order valence-corrected chi connectivity index (χ2v) is 11.9. The van der Waals surface area contributed by atoms with Crippen molar-refractivity contribution in [3.63, 3.8) is 0 Å². The highest BCUT2D eigenvalue weighted by atomic mass is 16.5. The molecule has 0 bridgehead atoms. The van der Waals surface area contributed by atoms with E-state index >= 15 is 0 Å². The van der Waals surface area contributed by atoms with Crippen molar-refractivity contribution < 1.29 is 34.0 Å². The molecular weight excluding hydrogens is 595 g/mol. The predicted molar refractivity (Wildman–Crippen MR) is 175 cm³/mol. The summed E-state index contributed by atoms with van der Waals surface area (Å²) in [5.74, 6) is -2.54. The monoisotopic (exact) mass is 646 g/mol. The van der Waals surface area contributed by atoms with Crippen molar-refractivity contribution >= 4 is 36.9 Å². The SMILES string of the molecule is CC(C)C[C@H](NC(=O)[C@H](CCCCN)NC(=O)OCc1ccccc1)C(=O)N[C@@H](CCCN=C(N)N)C(=O)N1CCC[C@H]1B(O)O. The highest BCUT2D eigenvalue weighted by molar-refractivity contribution is 6.43. The molecule has 1 aliphatic rings. The molecule has 11 N–H and O–H groups in total. The van der Waals surface area contributed by atoms with Gasteiger partial charge in [0, 0.05) is 13.1 Å². The molecule has 0 radical (unpaired) electrons. The van der Waals surface area contributed by atoms with Gasteiger partial charge in [-0.15, -0.1) is 0 Å². The molecule has 1 heterocycles. The Bertz CT molecular complexity index is 1140. The van der Waals surface area contributed by atoms with Crippen LogP contribution in [0.2, 0.25) is 0 Å². The molecule has 4 amide bonds. The van der Waals surface area contributed by atoms with E-state index in [0.717, 1.165) is 5.56 Å². The maximum Gasteiger partial charge on any atom is 0.475 e. The molecule has 16 heteroatoms. The molecule has 1 aliphatic heterocycles. The van der Waals surface area contributed by atoms with Crippen LogP contribution in [0.1, 0.15) is 70.8 Å². The molecule has 0 saturated carbocycles. The molecule has 1 saturated heterocycles. The molecule has 1 aromatic carbocycles. The van der Waals surface area contributed by atoms with Crippen molar-refractivity contribution in [2.45, 2.75) is 95.9 Å². The Hall–Kier alpha value is -3.89. The number of aliphatic imine (C=N–C) groups is 1. The van der Waals surface area contributed by atoms with Crippen molar-refractivity contribution in [2.24, 2.45) is 28.1 Å². The van der Waals surface area contributed by atoms with Gasteiger partial charge in [-0.25, -0.2) is 4.79 Å². The number of carbonyl (C=O) groups is 4. The van der Waals surface area contributed by atoms with Gasteiger partial charge in [-0.2, -0.15) is 0 Å². The van der Waals surface area contributed by atoms with Gasteiger partial charge in [0.05, 0.1) is 5.94 Å². The fourth-order valence-electron chi connectivity index (χ4n) is 5.25. The first-order valence-corrected chi connectivity index (χ1v) is 15.9. The van der Waals surface area contributed by atoms with Crippen LogP contribution < -0.4 is 33.2 Å². The smallest absolute Gasteiger partial charge is 0.445 e. The summed E-state index contributed by atoms with van der Waals surface area (Å²) >= 11 is 0. The number of alkyl carbamates (subject to hydrolysis) is 1. The van der Waals surface area contributed by atoms with Gasteiger partial charge < -0.3 is 52.8 Å². The molecule has 0 spiro atoms. The first-order valence-electron chi connectivity index (χ1n) is 15.9. The summed E-state index contributed by atoms with van der Waals surface area (Å²) in [7, 11) is -1.72. The van der Waals surface area contributed by atoms with Gasteiger partial charge in [-0.05, 0) is 69.4 Å². The topological polar surface area (TPSA) is 248 Å². The zero-order chi connectivity index (χ0) is 34.1. The van der Waals surface area contributed by atoms with Crippen molar-refractivity contribution in [1.82, 2.24) is 20.9 Å². The van der Waals surface area contributed by atoms with Crippen LogP contribution >= 0.6 is 0 Å². The average Bonchev–Trinajstić information content (AvgIpc) is 3.51. The van der Waals surface area contributed by atoms with Crippen LogP contribution in [-0.2, 0) is 25.7 Å². The van der Waals surface area contributed by atoms with E-state index in [-0.39, 0.29) is 44.3 Å². The third-order valence-electron chi connectivity index (χ3n) is 7.59. The van der Waals surface area contributed by atoms with E-state index in [1.807, 2.05) is 44.2 Å². The van der Waals surface area contributed by atoms with Crippen LogP contribution in [0, 0.1) is 5.92 Å². The van der Waals surface area contributed by atoms with E-state index < -0.39 is 55.0 Å². The highest BCUT2D eigenvalue weighted by Crippen LogP contribution is 2.20. The minimum Gasteiger partial charge on any atom is -0.445 e. The first kappa shape index (κ1) is 38.3. The number of likely N-dealkylation sites (tertiary alicyclic amines) is 1. The summed E-state index contributed by atoms with van der Waals surface area (Å²) < 4.78 is 5.31. The van der Waals surface area contributed by atoms with Crippen LogP contribution in [-0.4, -0.2) is 95.5 Å². The minimum atomic E-state index is -1.72. The highest BCUT2D eigenvalue weighted by Gasteiger charge is 2.40. The van der Waals surface area contributed by atoms with Crippen LogP contribution in [0.4, 0.5) is 4.79 Å². The Morgan fingerprint density at radius 2 is 1.63 bits per heavy atom. The van der Waals surface area contributed by atoms with Crippen molar-refractivity contribution in [2.75, 3.05) is 19.6 Å². The predicted octanol–water partition coefficient (Wildman–Crippen LogP) is -0.517. The van der Waals surface area contributed by atoms with Gasteiger partial charge in [0.25, 0.3) is 0 Å². The summed E-state index contributed by atoms with van der Waals surface area (Å²) in [5, 5.41) is 27.8. The van der Waals surface area contributed by atoms with Gasteiger partial charge in [0.1, 0.15) is 24.7 Å². The molecule has 0 aliphatic carbocycles. The van der Waals surface area contributed by atoms with E-state index in [1.165, 1.54) is 4.90 Å². The number of ether oxygens (including phenoxy) is 1. The second-order valence-electron chi connectivity index (χ2n) is 11.9. The Morgan fingerprint density at radius 1 is 0.978 bits per heavy atom. The molecule has 0 unspecified atom stereocenters. The summed E-state index contributed by atoms with van der Waals surface area (Å²) in [6.45, 7) is 4.74. The molecule has 46 heavy (non-hydrogen) atoms. The number of carbonyl (C=O) groups excluding carboxylic acids is 4. The number of unbranched alkanes of at least 4 members (excludes halogenated alkanes) is 1. The molecular formula is C30H51BN8O7. The molecule has 1 aromatic rings. The lowest BCUT2D eigenvalue weighted by atomic mass is 9.77. The molecule has 4 atom stereocenters. The number of benzene rings is 1. The average molecular weight is 647 g/mol. The third-order valence-corrected chi connectivity index (χ3v) is 7.59. The number of nitrogens with two attached hydrogens (primary N) is 3. The van der Waals surface area contributed by atoms with Crippen LogP contribution in [0.25, 0.3) is 0 Å². The second kappa shape index (κ2) is 20.3. The van der Waals surface area contributed by atoms with Gasteiger partial charge in [0.2, 0.25) is 17.7 Å². The number of hydrogen-bond acceptors (Lipinski definition) is 9. The third kappa shape index (κ3) is 13.6. The summed E-state index contributed by atoms with van der Waals surface area (Å²) in [6.07, 6.45) is 2.45. The summed E-state index contributed by atoms with van der Waals surface area (Å²) in [4.78, 5) is 58.7. The van der Waals surface area contributed by atoms with Gasteiger partial charge in [-0.3, -0.25) is 19.4 Å². The van der Waals surface area contributed by atoms with Gasteiger partial charge in [0.15, 0.2) is 5.96 Å². The largest absolute Gasteiger partial charge is 0.475 e. The first-order chi connectivity index (χ1) is 21.9. The number of nitrogens with zero attached hydrogens (tertiary/aromatic N) is 2. The minimum absolute atomic E-state index is 0.0148. The maximum atomic E-state index is 13.7. The normalized spacial score (nSPS) is 16.2. The van der Waals surface area contributed by atoms with Crippen molar-refractivity contribution in [1.29, 1.82) is 0 Å². The Balaban J connectivity index is 2.18. The van der Waals surface area contributed by atoms with Crippen LogP contribution in [0.3, 0.4) is 0 Å². The number of guanidine groups is 1. The lowest BCUT2D eigenvalue weighted by molar-refractivity contribution is -0.137. The Labute approximate surface area is 271 Å². The fourth-order valence-corrected chi connectivity index (χ4v) is 5.25.